The standard InChI is InChI=1S/C12H18N2O/c1-10(8-9-13)14(2)12(15)11-6-4-3-5-7-11/h3-7,10H,8-9,13H2,1-2H3. The van der Waals surface area contributed by atoms with Gasteiger partial charge in [-0.25, -0.2) is 0 Å². The fraction of sp³-hybridized carbons (Fsp3) is 0.417. The fourth-order valence-corrected chi connectivity index (χ4v) is 1.42. The van der Waals surface area contributed by atoms with Crippen molar-refractivity contribution in [3.8, 4) is 0 Å². The summed E-state index contributed by atoms with van der Waals surface area (Å²) >= 11 is 0. The second-order valence-corrected chi connectivity index (χ2v) is 3.71. The Hall–Kier alpha value is -1.35. The average Bonchev–Trinajstić information content (AvgIpc) is 2.28. The molecule has 2 N–H and O–H groups in total. The molecule has 0 saturated carbocycles. The quantitative estimate of drug-likeness (QED) is 0.811. The molecule has 1 aromatic rings. The molecule has 0 fully saturated rings. The minimum absolute atomic E-state index is 0.0524. The zero-order chi connectivity index (χ0) is 11.3. The van der Waals surface area contributed by atoms with E-state index in [9.17, 15) is 4.79 Å². The molecule has 0 heterocycles. The average molecular weight is 206 g/mol. The predicted molar refractivity (Wildman–Crippen MR) is 61.7 cm³/mol. The molecule has 0 aliphatic carbocycles. The lowest BCUT2D eigenvalue weighted by Crippen LogP contribution is -2.36. The molecule has 1 amide bonds. The van der Waals surface area contributed by atoms with Gasteiger partial charge in [0.25, 0.3) is 5.91 Å². The third-order valence-electron chi connectivity index (χ3n) is 2.59. The van der Waals surface area contributed by atoms with Gasteiger partial charge in [0.05, 0.1) is 0 Å². The second-order valence-electron chi connectivity index (χ2n) is 3.71. The van der Waals surface area contributed by atoms with Crippen molar-refractivity contribution in [1.29, 1.82) is 0 Å². The molecular weight excluding hydrogens is 188 g/mol. The summed E-state index contributed by atoms with van der Waals surface area (Å²) in [6, 6.07) is 9.48. The molecule has 82 valence electrons. The van der Waals surface area contributed by atoms with Crippen LogP contribution in [0, 0.1) is 0 Å². The van der Waals surface area contributed by atoms with Gasteiger partial charge >= 0.3 is 0 Å². The van der Waals surface area contributed by atoms with Gasteiger partial charge in [-0.3, -0.25) is 4.79 Å². The smallest absolute Gasteiger partial charge is 0.253 e. The monoisotopic (exact) mass is 206 g/mol. The molecule has 0 bridgehead atoms. The highest BCUT2D eigenvalue weighted by molar-refractivity contribution is 5.94. The van der Waals surface area contributed by atoms with Crippen LogP contribution in [0.1, 0.15) is 23.7 Å². The molecule has 0 radical (unpaired) electrons. The number of hydrogen-bond donors (Lipinski definition) is 1. The third kappa shape index (κ3) is 3.06. The van der Waals surface area contributed by atoms with Crippen LogP contribution in [0.2, 0.25) is 0 Å². The third-order valence-corrected chi connectivity index (χ3v) is 2.59. The van der Waals surface area contributed by atoms with Gasteiger partial charge in [0.2, 0.25) is 0 Å². The SMILES string of the molecule is CC(CCN)N(C)C(=O)c1ccccc1. The topological polar surface area (TPSA) is 46.3 Å². The predicted octanol–water partition coefficient (Wildman–Crippen LogP) is 1.50. The van der Waals surface area contributed by atoms with Gasteiger partial charge in [-0.1, -0.05) is 18.2 Å². The maximum absolute atomic E-state index is 11.9. The zero-order valence-electron chi connectivity index (χ0n) is 9.31. The van der Waals surface area contributed by atoms with Gasteiger partial charge in [0.15, 0.2) is 0 Å². The number of amides is 1. The normalized spacial score (nSPS) is 12.2. The van der Waals surface area contributed by atoms with E-state index in [2.05, 4.69) is 0 Å². The molecule has 1 rings (SSSR count). The lowest BCUT2D eigenvalue weighted by atomic mass is 10.1. The summed E-state index contributed by atoms with van der Waals surface area (Å²) < 4.78 is 0. The molecule has 1 atom stereocenters. The van der Waals surface area contributed by atoms with Crippen LogP contribution in [0.4, 0.5) is 0 Å². The highest BCUT2D eigenvalue weighted by atomic mass is 16.2. The van der Waals surface area contributed by atoms with Gasteiger partial charge in [0, 0.05) is 18.7 Å². The first-order valence-corrected chi connectivity index (χ1v) is 5.19. The van der Waals surface area contributed by atoms with Gasteiger partial charge in [0.1, 0.15) is 0 Å². The van der Waals surface area contributed by atoms with Crippen LogP contribution >= 0.6 is 0 Å². The maximum atomic E-state index is 11.9. The Morgan fingerprint density at radius 3 is 2.53 bits per heavy atom. The largest absolute Gasteiger partial charge is 0.339 e. The number of hydrogen-bond acceptors (Lipinski definition) is 2. The van der Waals surface area contributed by atoms with Crippen LogP contribution in [-0.4, -0.2) is 30.4 Å². The number of nitrogens with zero attached hydrogens (tertiary/aromatic N) is 1. The van der Waals surface area contributed by atoms with Crippen LogP contribution in [0.15, 0.2) is 30.3 Å². The van der Waals surface area contributed by atoms with Crippen LogP contribution in [-0.2, 0) is 0 Å². The van der Waals surface area contributed by atoms with E-state index in [-0.39, 0.29) is 11.9 Å². The molecule has 0 aliphatic rings. The van der Waals surface area contributed by atoms with Crippen molar-refractivity contribution in [3.05, 3.63) is 35.9 Å². The van der Waals surface area contributed by atoms with Crippen molar-refractivity contribution in [2.75, 3.05) is 13.6 Å². The molecule has 3 nitrogen and oxygen atoms in total. The molecule has 0 saturated heterocycles. The summed E-state index contributed by atoms with van der Waals surface area (Å²) in [5.74, 6) is 0.0524. The Balaban J connectivity index is 2.69. The molecule has 0 aromatic heterocycles. The van der Waals surface area contributed by atoms with E-state index in [1.54, 1.807) is 4.90 Å². The summed E-state index contributed by atoms with van der Waals surface area (Å²) in [6.07, 6.45) is 0.828. The first-order valence-electron chi connectivity index (χ1n) is 5.19. The minimum Gasteiger partial charge on any atom is -0.339 e. The molecule has 3 heteroatoms. The van der Waals surface area contributed by atoms with E-state index >= 15 is 0 Å². The zero-order valence-corrected chi connectivity index (χ0v) is 9.31. The highest BCUT2D eigenvalue weighted by Crippen LogP contribution is 2.07. The van der Waals surface area contributed by atoms with Gasteiger partial charge < -0.3 is 10.6 Å². The Morgan fingerprint density at radius 2 is 2.00 bits per heavy atom. The molecule has 15 heavy (non-hydrogen) atoms. The summed E-state index contributed by atoms with van der Waals surface area (Å²) in [5, 5.41) is 0. The fourth-order valence-electron chi connectivity index (χ4n) is 1.42. The molecular formula is C12H18N2O. The van der Waals surface area contributed by atoms with Crippen molar-refractivity contribution in [3.63, 3.8) is 0 Å². The molecule has 1 aromatic carbocycles. The molecule has 0 spiro atoms. The lowest BCUT2D eigenvalue weighted by Gasteiger charge is -2.24. The van der Waals surface area contributed by atoms with Crippen molar-refractivity contribution in [2.45, 2.75) is 19.4 Å². The Kier molecular flexibility index (Phi) is 4.31. The van der Waals surface area contributed by atoms with E-state index < -0.39 is 0 Å². The Bertz CT molecular complexity index is 311. The number of benzene rings is 1. The van der Waals surface area contributed by atoms with Crippen molar-refractivity contribution < 1.29 is 4.79 Å². The van der Waals surface area contributed by atoms with Gasteiger partial charge in [-0.15, -0.1) is 0 Å². The van der Waals surface area contributed by atoms with Crippen LogP contribution in [0.5, 0.6) is 0 Å². The van der Waals surface area contributed by atoms with Crippen molar-refractivity contribution >= 4 is 5.91 Å². The minimum atomic E-state index is 0.0524. The first-order chi connectivity index (χ1) is 7.16. The Labute approximate surface area is 90.9 Å². The Morgan fingerprint density at radius 1 is 1.40 bits per heavy atom. The highest BCUT2D eigenvalue weighted by Gasteiger charge is 2.15. The number of carbonyl (C=O) groups excluding carboxylic acids is 1. The van der Waals surface area contributed by atoms with E-state index in [1.807, 2.05) is 44.3 Å². The first kappa shape index (κ1) is 11.7. The van der Waals surface area contributed by atoms with Crippen LogP contribution in [0.3, 0.4) is 0 Å². The van der Waals surface area contributed by atoms with E-state index in [4.69, 9.17) is 5.73 Å². The van der Waals surface area contributed by atoms with Gasteiger partial charge in [-0.2, -0.15) is 0 Å². The lowest BCUT2D eigenvalue weighted by molar-refractivity contribution is 0.0739. The molecule has 1 unspecified atom stereocenters. The summed E-state index contributed by atoms with van der Waals surface area (Å²) in [5.41, 5.74) is 6.19. The van der Waals surface area contributed by atoms with Crippen molar-refractivity contribution in [2.24, 2.45) is 5.73 Å². The summed E-state index contributed by atoms with van der Waals surface area (Å²) in [7, 11) is 1.82. The summed E-state index contributed by atoms with van der Waals surface area (Å²) in [6.45, 7) is 2.61. The van der Waals surface area contributed by atoms with Crippen LogP contribution < -0.4 is 5.73 Å². The van der Waals surface area contributed by atoms with E-state index in [0.717, 1.165) is 12.0 Å². The van der Waals surface area contributed by atoms with E-state index in [1.165, 1.54) is 0 Å². The van der Waals surface area contributed by atoms with Crippen molar-refractivity contribution in [1.82, 2.24) is 4.90 Å². The number of carbonyl (C=O) groups is 1. The second kappa shape index (κ2) is 5.51. The van der Waals surface area contributed by atoms with Gasteiger partial charge in [-0.05, 0) is 32.0 Å². The number of rotatable bonds is 4. The number of nitrogens with two attached hydrogens (primary N) is 1. The summed E-state index contributed by atoms with van der Waals surface area (Å²) in [4.78, 5) is 13.7. The van der Waals surface area contributed by atoms with Crippen LogP contribution in [0.25, 0.3) is 0 Å². The molecule has 0 aliphatic heterocycles. The van der Waals surface area contributed by atoms with E-state index in [0.29, 0.717) is 6.54 Å². The maximum Gasteiger partial charge on any atom is 0.253 e.